The molecule has 0 aliphatic heterocycles. The van der Waals surface area contributed by atoms with Crippen LogP contribution in [0.3, 0.4) is 0 Å². The Hall–Kier alpha value is -1.61. The van der Waals surface area contributed by atoms with Gasteiger partial charge < -0.3 is 10.3 Å². The number of nitrogens with one attached hydrogen (secondary N) is 2. The number of aromatic nitrogens is 2. The lowest BCUT2D eigenvalue weighted by molar-refractivity contribution is 0.358. The van der Waals surface area contributed by atoms with Gasteiger partial charge in [-0.2, -0.15) is 0 Å². The number of nitrogens with zero attached hydrogens (tertiary/aromatic N) is 1. The number of aryl methyl sites for hydroxylation is 1. The van der Waals surface area contributed by atoms with Gasteiger partial charge in [0.2, 0.25) is 0 Å². The normalized spacial score (nSPS) is 11.7. The van der Waals surface area contributed by atoms with Crippen molar-refractivity contribution in [3.8, 4) is 0 Å². The average molecular weight is 243 g/mol. The minimum absolute atomic E-state index is 0.126. The summed E-state index contributed by atoms with van der Waals surface area (Å²) < 4.78 is 0. The SMILES string of the molecule is CC(C)(CCc1ccccc1)NCc1cnc[nH]1. The average Bonchev–Trinajstić information content (AvgIpc) is 2.89. The van der Waals surface area contributed by atoms with Gasteiger partial charge in [0.15, 0.2) is 0 Å². The lowest BCUT2D eigenvalue weighted by Crippen LogP contribution is -2.39. The molecule has 0 radical (unpaired) electrons. The first-order valence-corrected chi connectivity index (χ1v) is 6.42. The Kier molecular flexibility index (Phi) is 4.15. The van der Waals surface area contributed by atoms with Crippen LogP contribution in [-0.4, -0.2) is 15.5 Å². The Morgan fingerprint density at radius 2 is 2.00 bits per heavy atom. The van der Waals surface area contributed by atoms with Crippen LogP contribution in [0.25, 0.3) is 0 Å². The number of imidazole rings is 1. The first-order valence-electron chi connectivity index (χ1n) is 6.42. The maximum Gasteiger partial charge on any atom is 0.0922 e. The smallest absolute Gasteiger partial charge is 0.0922 e. The van der Waals surface area contributed by atoms with E-state index in [0.717, 1.165) is 25.1 Å². The minimum atomic E-state index is 0.126. The van der Waals surface area contributed by atoms with E-state index in [1.165, 1.54) is 5.56 Å². The van der Waals surface area contributed by atoms with E-state index in [0.29, 0.717) is 0 Å². The molecule has 0 spiro atoms. The minimum Gasteiger partial charge on any atom is -0.347 e. The van der Waals surface area contributed by atoms with E-state index in [4.69, 9.17) is 0 Å². The predicted molar refractivity (Wildman–Crippen MR) is 74.3 cm³/mol. The van der Waals surface area contributed by atoms with Gasteiger partial charge in [-0.1, -0.05) is 30.3 Å². The van der Waals surface area contributed by atoms with Gasteiger partial charge in [-0.15, -0.1) is 0 Å². The maximum absolute atomic E-state index is 4.02. The van der Waals surface area contributed by atoms with E-state index in [-0.39, 0.29) is 5.54 Å². The van der Waals surface area contributed by atoms with Gasteiger partial charge in [-0.05, 0) is 32.3 Å². The molecule has 0 saturated carbocycles. The summed E-state index contributed by atoms with van der Waals surface area (Å²) in [5, 5.41) is 3.56. The van der Waals surface area contributed by atoms with E-state index in [2.05, 4.69) is 59.5 Å². The third kappa shape index (κ3) is 4.00. The summed E-state index contributed by atoms with van der Waals surface area (Å²) in [6.45, 7) is 5.32. The van der Waals surface area contributed by atoms with E-state index >= 15 is 0 Å². The summed E-state index contributed by atoms with van der Waals surface area (Å²) in [7, 11) is 0. The van der Waals surface area contributed by atoms with E-state index in [1.807, 2.05) is 6.20 Å². The Balaban J connectivity index is 1.80. The van der Waals surface area contributed by atoms with Crippen LogP contribution in [0.15, 0.2) is 42.9 Å². The largest absolute Gasteiger partial charge is 0.347 e. The van der Waals surface area contributed by atoms with Gasteiger partial charge >= 0.3 is 0 Å². The first kappa shape index (κ1) is 12.8. The molecule has 0 amide bonds. The summed E-state index contributed by atoms with van der Waals surface area (Å²) in [6.07, 6.45) is 5.79. The molecule has 3 heteroatoms. The van der Waals surface area contributed by atoms with Gasteiger partial charge in [-0.3, -0.25) is 0 Å². The van der Waals surface area contributed by atoms with Crippen molar-refractivity contribution in [3.63, 3.8) is 0 Å². The summed E-state index contributed by atoms with van der Waals surface area (Å²) in [4.78, 5) is 7.13. The first-order chi connectivity index (χ1) is 8.66. The molecular formula is C15H21N3. The molecule has 0 aliphatic rings. The Bertz CT molecular complexity index is 446. The Labute approximate surface area is 109 Å². The number of benzene rings is 1. The van der Waals surface area contributed by atoms with Crippen LogP contribution in [0.4, 0.5) is 0 Å². The van der Waals surface area contributed by atoms with Crippen molar-refractivity contribution in [1.82, 2.24) is 15.3 Å². The van der Waals surface area contributed by atoms with Crippen molar-refractivity contribution in [1.29, 1.82) is 0 Å². The third-order valence-corrected chi connectivity index (χ3v) is 3.19. The quantitative estimate of drug-likeness (QED) is 0.819. The van der Waals surface area contributed by atoms with Gasteiger partial charge in [0.25, 0.3) is 0 Å². The molecule has 18 heavy (non-hydrogen) atoms. The summed E-state index contributed by atoms with van der Waals surface area (Å²) in [6, 6.07) is 10.6. The zero-order valence-corrected chi connectivity index (χ0v) is 11.1. The van der Waals surface area contributed by atoms with Crippen molar-refractivity contribution in [2.45, 2.75) is 38.8 Å². The highest BCUT2D eigenvalue weighted by molar-refractivity contribution is 5.15. The zero-order chi connectivity index (χ0) is 12.8. The molecule has 0 aliphatic carbocycles. The van der Waals surface area contributed by atoms with Crippen LogP contribution in [-0.2, 0) is 13.0 Å². The predicted octanol–water partition coefficient (Wildman–Crippen LogP) is 2.91. The molecule has 2 rings (SSSR count). The second-order valence-electron chi connectivity index (χ2n) is 5.30. The topological polar surface area (TPSA) is 40.7 Å². The van der Waals surface area contributed by atoms with Crippen LogP contribution in [0, 0.1) is 0 Å². The van der Waals surface area contributed by atoms with E-state index < -0.39 is 0 Å². The van der Waals surface area contributed by atoms with E-state index in [9.17, 15) is 0 Å². The number of hydrogen-bond acceptors (Lipinski definition) is 2. The zero-order valence-electron chi connectivity index (χ0n) is 11.1. The molecule has 0 fully saturated rings. The van der Waals surface area contributed by atoms with E-state index in [1.54, 1.807) is 6.33 Å². The number of H-pyrrole nitrogens is 1. The van der Waals surface area contributed by atoms with Crippen LogP contribution >= 0.6 is 0 Å². The molecule has 3 nitrogen and oxygen atoms in total. The molecular weight excluding hydrogens is 222 g/mol. The molecule has 0 bridgehead atoms. The molecule has 0 saturated heterocycles. The fourth-order valence-electron chi connectivity index (χ4n) is 1.91. The molecule has 0 atom stereocenters. The number of rotatable bonds is 6. The monoisotopic (exact) mass is 243 g/mol. The number of aromatic amines is 1. The molecule has 1 heterocycles. The lowest BCUT2D eigenvalue weighted by atomic mass is 9.95. The Morgan fingerprint density at radius 3 is 2.67 bits per heavy atom. The van der Waals surface area contributed by atoms with Crippen molar-refractivity contribution < 1.29 is 0 Å². The molecule has 1 aromatic carbocycles. The van der Waals surface area contributed by atoms with Crippen LogP contribution in [0.1, 0.15) is 31.5 Å². The van der Waals surface area contributed by atoms with Gasteiger partial charge in [0.1, 0.15) is 0 Å². The molecule has 96 valence electrons. The van der Waals surface area contributed by atoms with Gasteiger partial charge in [0, 0.05) is 24.0 Å². The highest BCUT2D eigenvalue weighted by Gasteiger charge is 2.16. The summed E-state index contributed by atoms with van der Waals surface area (Å²) in [5.41, 5.74) is 2.65. The highest BCUT2D eigenvalue weighted by Crippen LogP contribution is 2.14. The van der Waals surface area contributed by atoms with Gasteiger partial charge in [-0.25, -0.2) is 4.98 Å². The standard InChI is InChI=1S/C15H21N3/c1-15(2,18-11-14-10-16-12-17-14)9-8-13-6-4-3-5-7-13/h3-7,10,12,18H,8-9,11H2,1-2H3,(H,16,17). The maximum atomic E-state index is 4.02. The summed E-state index contributed by atoms with van der Waals surface area (Å²) in [5.74, 6) is 0. The number of hydrogen-bond donors (Lipinski definition) is 2. The lowest BCUT2D eigenvalue weighted by Gasteiger charge is -2.26. The molecule has 1 aromatic heterocycles. The molecule has 0 unspecified atom stereocenters. The van der Waals surface area contributed by atoms with Crippen molar-refractivity contribution >= 4 is 0 Å². The molecule has 2 N–H and O–H groups in total. The van der Waals surface area contributed by atoms with Gasteiger partial charge in [0.05, 0.1) is 6.33 Å². The van der Waals surface area contributed by atoms with Crippen LogP contribution in [0.5, 0.6) is 0 Å². The fraction of sp³-hybridized carbons (Fsp3) is 0.400. The third-order valence-electron chi connectivity index (χ3n) is 3.19. The van der Waals surface area contributed by atoms with Crippen LogP contribution < -0.4 is 5.32 Å². The Morgan fingerprint density at radius 1 is 1.22 bits per heavy atom. The molecule has 2 aromatic rings. The summed E-state index contributed by atoms with van der Waals surface area (Å²) >= 11 is 0. The van der Waals surface area contributed by atoms with Crippen molar-refractivity contribution in [2.24, 2.45) is 0 Å². The van der Waals surface area contributed by atoms with Crippen molar-refractivity contribution in [3.05, 3.63) is 54.1 Å². The second kappa shape index (κ2) is 5.83. The van der Waals surface area contributed by atoms with Crippen LogP contribution in [0.2, 0.25) is 0 Å². The second-order valence-corrected chi connectivity index (χ2v) is 5.30. The van der Waals surface area contributed by atoms with Crippen molar-refractivity contribution in [2.75, 3.05) is 0 Å². The fourth-order valence-corrected chi connectivity index (χ4v) is 1.91. The highest BCUT2D eigenvalue weighted by atomic mass is 15.0.